The lowest BCUT2D eigenvalue weighted by Crippen LogP contribution is -2.30. The minimum absolute atomic E-state index is 0.193. The lowest BCUT2D eigenvalue weighted by atomic mass is 10.0. The molecule has 0 radical (unpaired) electrons. The first-order chi connectivity index (χ1) is 10.5. The van der Waals surface area contributed by atoms with Gasteiger partial charge in [-0.15, -0.1) is 0 Å². The highest BCUT2D eigenvalue weighted by atomic mass is 32.2. The molecular formula is C15H19N3O3S. The van der Waals surface area contributed by atoms with Crippen LogP contribution in [-0.2, 0) is 17.1 Å². The van der Waals surface area contributed by atoms with E-state index in [1.807, 2.05) is 24.3 Å². The quantitative estimate of drug-likeness (QED) is 0.863. The maximum absolute atomic E-state index is 12.9. The van der Waals surface area contributed by atoms with E-state index in [-0.39, 0.29) is 10.9 Å². The summed E-state index contributed by atoms with van der Waals surface area (Å²) in [6, 6.07) is 7.40. The molecule has 7 heteroatoms. The van der Waals surface area contributed by atoms with Crippen LogP contribution in [0.2, 0.25) is 0 Å². The molecule has 0 unspecified atom stereocenters. The number of para-hydroxylation sites is 1. The van der Waals surface area contributed by atoms with Gasteiger partial charge in [0.15, 0.2) is 0 Å². The molecule has 1 aliphatic heterocycles. The van der Waals surface area contributed by atoms with Gasteiger partial charge in [0.05, 0.1) is 19.3 Å². The summed E-state index contributed by atoms with van der Waals surface area (Å²) in [5.74, 6) is 0.723. The Labute approximate surface area is 130 Å². The predicted molar refractivity (Wildman–Crippen MR) is 82.1 cm³/mol. The highest BCUT2D eigenvalue weighted by molar-refractivity contribution is 7.89. The van der Waals surface area contributed by atoms with Gasteiger partial charge in [-0.2, -0.15) is 9.40 Å². The van der Waals surface area contributed by atoms with E-state index in [0.717, 1.165) is 24.2 Å². The third-order valence-electron chi connectivity index (χ3n) is 3.99. The molecule has 22 heavy (non-hydrogen) atoms. The molecule has 0 bridgehead atoms. The van der Waals surface area contributed by atoms with Gasteiger partial charge in [0.2, 0.25) is 10.0 Å². The van der Waals surface area contributed by atoms with Gasteiger partial charge >= 0.3 is 0 Å². The van der Waals surface area contributed by atoms with Gasteiger partial charge < -0.3 is 4.74 Å². The fourth-order valence-corrected chi connectivity index (χ4v) is 4.61. The van der Waals surface area contributed by atoms with Crippen molar-refractivity contribution in [3.05, 3.63) is 42.2 Å². The first kappa shape index (κ1) is 15.1. The van der Waals surface area contributed by atoms with Gasteiger partial charge in [0.25, 0.3) is 0 Å². The Balaban J connectivity index is 2.00. The second-order valence-corrected chi connectivity index (χ2v) is 7.26. The molecule has 1 aromatic carbocycles. The summed E-state index contributed by atoms with van der Waals surface area (Å²) in [4.78, 5) is 0.233. The Kier molecular flexibility index (Phi) is 3.92. The van der Waals surface area contributed by atoms with Crippen molar-refractivity contribution in [2.45, 2.75) is 23.8 Å². The first-order valence-electron chi connectivity index (χ1n) is 7.17. The van der Waals surface area contributed by atoms with Gasteiger partial charge in [0, 0.05) is 25.4 Å². The number of sulfonamides is 1. The molecule has 2 heterocycles. The summed E-state index contributed by atoms with van der Waals surface area (Å²) in [6.07, 6.45) is 4.56. The van der Waals surface area contributed by atoms with Crippen LogP contribution in [0.5, 0.6) is 5.75 Å². The van der Waals surface area contributed by atoms with E-state index in [1.165, 1.54) is 17.1 Å². The molecule has 1 fully saturated rings. The molecule has 0 aliphatic carbocycles. The third kappa shape index (κ3) is 2.50. The van der Waals surface area contributed by atoms with E-state index in [4.69, 9.17) is 4.74 Å². The maximum atomic E-state index is 12.9. The predicted octanol–water partition coefficient (Wildman–Crippen LogP) is 1.95. The van der Waals surface area contributed by atoms with E-state index in [2.05, 4.69) is 5.10 Å². The van der Waals surface area contributed by atoms with Crippen molar-refractivity contribution in [2.75, 3.05) is 13.7 Å². The average Bonchev–Trinajstić information content (AvgIpc) is 3.16. The van der Waals surface area contributed by atoms with Crippen molar-refractivity contribution in [1.29, 1.82) is 0 Å². The number of aryl methyl sites for hydroxylation is 1. The van der Waals surface area contributed by atoms with E-state index in [1.54, 1.807) is 18.5 Å². The van der Waals surface area contributed by atoms with E-state index in [9.17, 15) is 8.42 Å². The van der Waals surface area contributed by atoms with Crippen LogP contribution in [0.25, 0.3) is 0 Å². The molecule has 1 atom stereocenters. The Bertz CT molecular complexity index is 770. The molecule has 1 saturated heterocycles. The number of methoxy groups -OCH3 is 1. The second-order valence-electron chi connectivity index (χ2n) is 5.37. The van der Waals surface area contributed by atoms with Crippen LogP contribution in [0.1, 0.15) is 24.4 Å². The molecule has 1 aliphatic rings. The Morgan fingerprint density at radius 2 is 2.09 bits per heavy atom. The SMILES string of the molecule is COc1ccccc1[C@H]1CCCN1S(=O)(=O)c1cnn(C)c1. The van der Waals surface area contributed by atoms with Gasteiger partial charge in [-0.05, 0) is 18.9 Å². The number of rotatable bonds is 4. The molecule has 1 aromatic heterocycles. The molecule has 0 amide bonds. The summed E-state index contributed by atoms with van der Waals surface area (Å²) in [7, 11) is -0.232. The zero-order valence-corrected chi connectivity index (χ0v) is 13.5. The van der Waals surface area contributed by atoms with Crippen molar-refractivity contribution in [1.82, 2.24) is 14.1 Å². The fourth-order valence-electron chi connectivity index (χ4n) is 2.95. The minimum atomic E-state index is -3.55. The summed E-state index contributed by atoms with van der Waals surface area (Å²) < 4.78 is 34.2. The van der Waals surface area contributed by atoms with Crippen molar-refractivity contribution >= 4 is 10.0 Å². The van der Waals surface area contributed by atoms with Crippen LogP contribution >= 0.6 is 0 Å². The van der Waals surface area contributed by atoms with Gasteiger partial charge in [-0.25, -0.2) is 8.42 Å². The first-order valence-corrected chi connectivity index (χ1v) is 8.61. The van der Waals surface area contributed by atoms with Crippen LogP contribution in [0.15, 0.2) is 41.6 Å². The third-order valence-corrected chi connectivity index (χ3v) is 5.85. The highest BCUT2D eigenvalue weighted by Crippen LogP contribution is 2.39. The number of hydrogen-bond donors (Lipinski definition) is 0. The van der Waals surface area contributed by atoms with Crippen molar-refractivity contribution in [2.24, 2.45) is 7.05 Å². The zero-order valence-electron chi connectivity index (χ0n) is 12.6. The molecular weight excluding hydrogens is 302 g/mol. The summed E-state index contributed by atoms with van der Waals surface area (Å²) in [5.41, 5.74) is 0.912. The Morgan fingerprint density at radius 1 is 1.32 bits per heavy atom. The molecule has 6 nitrogen and oxygen atoms in total. The number of aromatic nitrogens is 2. The van der Waals surface area contributed by atoms with Gasteiger partial charge in [-0.3, -0.25) is 4.68 Å². The highest BCUT2D eigenvalue weighted by Gasteiger charge is 2.37. The smallest absolute Gasteiger partial charge is 0.246 e. The monoisotopic (exact) mass is 321 g/mol. The summed E-state index contributed by atoms with van der Waals surface area (Å²) in [5, 5.41) is 3.97. The van der Waals surface area contributed by atoms with Crippen molar-refractivity contribution in [3.8, 4) is 5.75 Å². The fraction of sp³-hybridized carbons (Fsp3) is 0.400. The van der Waals surface area contributed by atoms with E-state index >= 15 is 0 Å². The lowest BCUT2D eigenvalue weighted by molar-refractivity contribution is 0.366. The number of ether oxygens (including phenoxy) is 1. The zero-order chi connectivity index (χ0) is 15.7. The minimum Gasteiger partial charge on any atom is -0.496 e. The van der Waals surface area contributed by atoms with E-state index < -0.39 is 10.0 Å². The second kappa shape index (κ2) is 5.73. The number of nitrogens with zero attached hydrogens (tertiary/aromatic N) is 3. The van der Waals surface area contributed by atoms with Gasteiger partial charge in [0.1, 0.15) is 10.6 Å². The molecule has 0 saturated carbocycles. The largest absolute Gasteiger partial charge is 0.496 e. The van der Waals surface area contributed by atoms with Gasteiger partial charge in [-0.1, -0.05) is 18.2 Å². The molecule has 3 rings (SSSR count). The van der Waals surface area contributed by atoms with Crippen LogP contribution in [-0.4, -0.2) is 36.2 Å². The maximum Gasteiger partial charge on any atom is 0.246 e. The van der Waals surface area contributed by atoms with Crippen LogP contribution < -0.4 is 4.74 Å². The standard InChI is InChI=1S/C15H19N3O3S/c1-17-11-12(10-16-17)22(19,20)18-9-5-7-14(18)13-6-3-4-8-15(13)21-2/h3-4,6,8,10-11,14H,5,7,9H2,1-2H3/t14-/m1/s1. The van der Waals surface area contributed by atoms with Crippen LogP contribution in [0, 0.1) is 0 Å². The van der Waals surface area contributed by atoms with E-state index in [0.29, 0.717) is 6.54 Å². The molecule has 0 N–H and O–H groups in total. The Hall–Kier alpha value is -1.86. The normalized spacial score (nSPS) is 19.5. The summed E-state index contributed by atoms with van der Waals surface area (Å²) in [6.45, 7) is 0.514. The number of hydrogen-bond acceptors (Lipinski definition) is 4. The topological polar surface area (TPSA) is 64.4 Å². The molecule has 0 spiro atoms. The number of benzene rings is 1. The summed E-state index contributed by atoms with van der Waals surface area (Å²) >= 11 is 0. The van der Waals surface area contributed by atoms with Crippen molar-refractivity contribution < 1.29 is 13.2 Å². The van der Waals surface area contributed by atoms with Crippen LogP contribution in [0.4, 0.5) is 0 Å². The molecule has 118 valence electrons. The van der Waals surface area contributed by atoms with Crippen molar-refractivity contribution in [3.63, 3.8) is 0 Å². The Morgan fingerprint density at radius 3 is 2.77 bits per heavy atom. The lowest BCUT2D eigenvalue weighted by Gasteiger charge is -2.25. The average molecular weight is 321 g/mol. The van der Waals surface area contributed by atoms with Crippen LogP contribution in [0.3, 0.4) is 0 Å². The molecule has 2 aromatic rings.